The number of hydroxylamine groups is 1. The summed E-state index contributed by atoms with van der Waals surface area (Å²) in [6.07, 6.45) is 2.69. The lowest BCUT2D eigenvalue weighted by atomic mass is 9.70. The zero-order valence-corrected chi connectivity index (χ0v) is 20.9. The highest BCUT2D eigenvalue weighted by atomic mass is 32.1. The number of hydrogen-bond donors (Lipinski definition) is 5. The second-order valence-electron chi connectivity index (χ2n) is 9.78. The minimum absolute atomic E-state index is 0.112. The quantitative estimate of drug-likeness (QED) is 0.219. The molecule has 10 heteroatoms. The molecule has 1 aliphatic carbocycles. The monoisotopic (exact) mass is 512 g/mol. The van der Waals surface area contributed by atoms with Gasteiger partial charge in [0.05, 0.1) is 40.9 Å². The number of aliphatic hydroxyl groups excluding tert-OH is 1. The Labute approximate surface area is 213 Å². The fourth-order valence-electron chi connectivity index (χ4n) is 4.92. The first-order valence-electron chi connectivity index (χ1n) is 12.2. The highest BCUT2D eigenvalue weighted by molar-refractivity contribution is 7.07. The molecular weight excluding hydrogens is 480 g/mol. The summed E-state index contributed by atoms with van der Waals surface area (Å²) in [5, 5.41) is 38.6. The highest BCUT2D eigenvalue weighted by Gasteiger charge is 2.45. The van der Waals surface area contributed by atoms with Gasteiger partial charge in [0.25, 0.3) is 5.91 Å². The molecule has 1 aliphatic rings. The van der Waals surface area contributed by atoms with Crippen molar-refractivity contribution in [3.8, 4) is 0 Å². The first kappa shape index (κ1) is 26.2. The van der Waals surface area contributed by atoms with Gasteiger partial charge in [-0.25, -0.2) is 10.5 Å². The van der Waals surface area contributed by atoms with Crippen molar-refractivity contribution in [1.29, 1.82) is 0 Å². The predicted octanol–water partition coefficient (Wildman–Crippen LogP) is 2.85. The Balaban J connectivity index is 1.55. The van der Waals surface area contributed by atoms with Crippen molar-refractivity contribution in [2.45, 2.75) is 63.2 Å². The molecule has 9 nitrogen and oxygen atoms in total. The van der Waals surface area contributed by atoms with Gasteiger partial charge < -0.3 is 15.5 Å². The Bertz CT molecular complexity index is 1180. The number of aliphatic hydroxyl groups is 2. The summed E-state index contributed by atoms with van der Waals surface area (Å²) in [7, 11) is 0. The van der Waals surface area contributed by atoms with Crippen molar-refractivity contribution < 1.29 is 25.0 Å². The molecule has 0 saturated heterocycles. The number of aromatic nitrogens is 2. The van der Waals surface area contributed by atoms with Gasteiger partial charge in [-0.15, -0.1) is 0 Å². The van der Waals surface area contributed by atoms with Gasteiger partial charge in [0.1, 0.15) is 5.69 Å². The number of para-hydroxylation sites is 2. The highest BCUT2D eigenvalue weighted by Crippen LogP contribution is 2.39. The number of thiophene rings is 1. The summed E-state index contributed by atoms with van der Waals surface area (Å²) in [5.74, 6) is -1.85. The van der Waals surface area contributed by atoms with Crippen molar-refractivity contribution in [1.82, 2.24) is 20.8 Å². The second-order valence-corrected chi connectivity index (χ2v) is 10.6. The molecule has 2 amide bonds. The molecule has 0 spiro atoms. The van der Waals surface area contributed by atoms with Gasteiger partial charge in [-0.3, -0.25) is 19.8 Å². The summed E-state index contributed by atoms with van der Waals surface area (Å²) in [5.41, 5.74) is 2.58. The second kappa shape index (κ2) is 11.4. The number of rotatable bonds is 9. The number of carbonyl (C=O) groups excluding carboxylic acids is 2. The lowest BCUT2D eigenvalue weighted by Crippen LogP contribution is -2.52. The third kappa shape index (κ3) is 6.07. The van der Waals surface area contributed by atoms with Gasteiger partial charge in [0.2, 0.25) is 5.91 Å². The number of hydrogen-bond acceptors (Lipinski definition) is 8. The van der Waals surface area contributed by atoms with Crippen molar-refractivity contribution in [3.05, 3.63) is 58.5 Å². The lowest BCUT2D eigenvalue weighted by Gasteiger charge is -2.41. The van der Waals surface area contributed by atoms with Crippen LogP contribution in [0.2, 0.25) is 0 Å². The fraction of sp³-hybridized carbons (Fsp3) is 0.462. The molecule has 0 radical (unpaired) electrons. The molecule has 3 unspecified atom stereocenters. The van der Waals surface area contributed by atoms with E-state index >= 15 is 0 Å². The number of fused-ring (bicyclic) bond motifs is 1. The SMILES string of the molecule is CC1CCC(O)(C(CC(O)C(Cc2ccsc2)NC(=O)c2cnc3ccccc3n2)C(=O)NO)CC1. The van der Waals surface area contributed by atoms with Gasteiger partial charge in [0.15, 0.2) is 0 Å². The topological polar surface area (TPSA) is 145 Å². The normalized spacial score (nSPS) is 22.5. The smallest absolute Gasteiger partial charge is 0.271 e. The number of nitrogens with zero attached hydrogens (tertiary/aromatic N) is 2. The van der Waals surface area contributed by atoms with Crippen molar-refractivity contribution in [2.75, 3.05) is 0 Å². The Morgan fingerprint density at radius 2 is 1.92 bits per heavy atom. The Morgan fingerprint density at radius 1 is 1.19 bits per heavy atom. The molecule has 0 aliphatic heterocycles. The summed E-state index contributed by atoms with van der Waals surface area (Å²) < 4.78 is 0. The maximum atomic E-state index is 13.1. The van der Waals surface area contributed by atoms with E-state index in [2.05, 4.69) is 22.2 Å². The van der Waals surface area contributed by atoms with Crippen molar-refractivity contribution >= 4 is 34.2 Å². The number of benzene rings is 1. The molecule has 192 valence electrons. The summed E-state index contributed by atoms with van der Waals surface area (Å²) in [4.78, 5) is 34.4. The van der Waals surface area contributed by atoms with E-state index < -0.39 is 35.5 Å². The van der Waals surface area contributed by atoms with Crippen LogP contribution < -0.4 is 10.8 Å². The first-order valence-corrected chi connectivity index (χ1v) is 13.1. The van der Waals surface area contributed by atoms with Gasteiger partial charge in [0, 0.05) is 0 Å². The van der Waals surface area contributed by atoms with Crippen LogP contribution in [0.25, 0.3) is 11.0 Å². The molecule has 1 aromatic carbocycles. The molecule has 1 fully saturated rings. The fourth-order valence-corrected chi connectivity index (χ4v) is 5.60. The van der Waals surface area contributed by atoms with Crippen molar-refractivity contribution in [3.63, 3.8) is 0 Å². The van der Waals surface area contributed by atoms with Crippen LogP contribution in [0, 0.1) is 11.8 Å². The molecule has 36 heavy (non-hydrogen) atoms. The third-order valence-corrected chi connectivity index (χ3v) is 7.92. The van der Waals surface area contributed by atoms with E-state index in [-0.39, 0.29) is 12.1 Å². The maximum absolute atomic E-state index is 13.1. The lowest BCUT2D eigenvalue weighted by molar-refractivity contribution is -0.150. The van der Waals surface area contributed by atoms with Gasteiger partial charge in [-0.2, -0.15) is 11.3 Å². The molecule has 5 N–H and O–H groups in total. The number of amides is 2. The zero-order valence-electron chi connectivity index (χ0n) is 20.1. The van der Waals surface area contributed by atoms with E-state index in [9.17, 15) is 25.0 Å². The minimum Gasteiger partial charge on any atom is -0.391 e. The van der Waals surface area contributed by atoms with E-state index in [1.54, 1.807) is 17.6 Å². The van der Waals surface area contributed by atoms with Crippen LogP contribution in [0.1, 0.15) is 55.1 Å². The molecule has 2 aromatic heterocycles. The van der Waals surface area contributed by atoms with E-state index in [0.717, 1.165) is 18.4 Å². The molecule has 0 bridgehead atoms. The van der Waals surface area contributed by atoms with Crippen molar-refractivity contribution in [2.24, 2.45) is 11.8 Å². The van der Waals surface area contributed by atoms with Crippen LogP contribution in [0.3, 0.4) is 0 Å². The summed E-state index contributed by atoms with van der Waals surface area (Å²) >= 11 is 1.50. The summed E-state index contributed by atoms with van der Waals surface area (Å²) in [6.45, 7) is 2.09. The molecule has 1 saturated carbocycles. The molecule has 2 heterocycles. The molecule has 4 rings (SSSR count). The molecule has 3 aromatic rings. The Kier molecular flexibility index (Phi) is 8.30. The first-order chi connectivity index (χ1) is 17.3. The Hall–Kier alpha value is -2.92. The van der Waals surface area contributed by atoms with E-state index in [0.29, 0.717) is 36.2 Å². The predicted molar refractivity (Wildman–Crippen MR) is 135 cm³/mol. The Morgan fingerprint density at radius 3 is 2.58 bits per heavy atom. The number of carbonyl (C=O) groups is 2. The van der Waals surface area contributed by atoms with Gasteiger partial charge in [-0.05, 0) is 79.0 Å². The largest absolute Gasteiger partial charge is 0.391 e. The average molecular weight is 513 g/mol. The van der Waals surface area contributed by atoms with Crippen LogP contribution in [-0.2, 0) is 11.2 Å². The molecular formula is C26H32N4O5S. The maximum Gasteiger partial charge on any atom is 0.271 e. The van der Waals surface area contributed by atoms with Gasteiger partial charge in [-0.1, -0.05) is 19.1 Å². The minimum atomic E-state index is -1.35. The van der Waals surface area contributed by atoms with Gasteiger partial charge >= 0.3 is 0 Å². The number of nitrogens with one attached hydrogen (secondary N) is 2. The zero-order chi connectivity index (χ0) is 25.7. The van der Waals surface area contributed by atoms with E-state index in [1.165, 1.54) is 17.5 Å². The standard InChI is InChI=1S/C26H32N4O5S/c1-16-6-9-26(34,10-7-16)18(24(32)30-35)13-23(31)21(12-17-8-11-36-15-17)29-25(33)22-14-27-19-4-2-3-5-20(19)28-22/h2-5,8,11,14-16,18,21,23,31,34-35H,6-7,9-10,12-13H2,1H3,(H,29,33)(H,30,32). The third-order valence-electron chi connectivity index (χ3n) is 7.19. The molecule has 3 atom stereocenters. The van der Waals surface area contributed by atoms with E-state index in [1.807, 2.05) is 29.0 Å². The van der Waals surface area contributed by atoms with Crippen LogP contribution in [0.5, 0.6) is 0 Å². The van der Waals surface area contributed by atoms with Crippen LogP contribution in [0.4, 0.5) is 0 Å². The van der Waals surface area contributed by atoms with Crippen LogP contribution in [0.15, 0.2) is 47.3 Å². The van der Waals surface area contributed by atoms with Crippen LogP contribution in [-0.4, -0.2) is 54.9 Å². The van der Waals surface area contributed by atoms with Crippen LogP contribution >= 0.6 is 11.3 Å². The van der Waals surface area contributed by atoms with E-state index in [4.69, 9.17) is 0 Å². The summed E-state index contributed by atoms with van der Waals surface area (Å²) in [6, 6.07) is 8.35. The average Bonchev–Trinajstić information content (AvgIpc) is 3.41.